The summed E-state index contributed by atoms with van der Waals surface area (Å²) in [7, 11) is 3.43. The largest absolute Gasteiger partial charge is 0.457 e. The minimum absolute atomic E-state index is 0.0458. The second-order valence-corrected chi connectivity index (χ2v) is 8.76. The number of thioether (sulfide) groups is 1. The van der Waals surface area contributed by atoms with Gasteiger partial charge in [-0.2, -0.15) is 0 Å². The van der Waals surface area contributed by atoms with Gasteiger partial charge in [-0.05, 0) is 55.5 Å². The molecule has 1 unspecified atom stereocenters. The van der Waals surface area contributed by atoms with Gasteiger partial charge in [0.1, 0.15) is 11.5 Å². The molecule has 0 aliphatic rings. The van der Waals surface area contributed by atoms with Crippen molar-refractivity contribution in [3.05, 3.63) is 89.2 Å². The minimum Gasteiger partial charge on any atom is -0.457 e. The molecule has 4 aromatic rings. The Hall–Kier alpha value is -3.58. The molecule has 32 heavy (non-hydrogen) atoms. The van der Waals surface area contributed by atoms with Crippen LogP contribution in [0.1, 0.15) is 6.92 Å². The van der Waals surface area contributed by atoms with E-state index in [1.807, 2.05) is 73.7 Å². The lowest BCUT2D eigenvalue weighted by Crippen LogP contribution is -2.31. The van der Waals surface area contributed by atoms with E-state index in [1.165, 1.54) is 16.7 Å². The van der Waals surface area contributed by atoms with Crippen molar-refractivity contribution in [2.24, 2.45) is 0 Å². The summed E-state index contributed by atoms with van der Waals surface area (Å²) in [6.45, 7) is 1.81. The molecule has 3 aromatic carbocycles. The van der Waals surface area contributed by atoms with E-state index < -0.39 is 5.25 Å². The summed E-state index contributed by atoms with van der Waals surface area (Å²) < 4.78 is 7.42. The van der Waals surface area contributed by atoms with E-state index in [1.54, 1.807) is 30.8 Å². The molecule has 0 saturated carbocycles. The molecule has 1 aromatic heterocycles. The number of benzene rings is 3. The highest BCUT2D eigenvalue weighted by Crippen LogP contribution is 2.27. The summed E-state index contributed by atoms with van der Waals surface area (Å²) in [6.07, 6.45) is 0. The van der Waals surface area contributed by atoms with E-state index in [4.69, 9.17) is 9.72 Å². The molecule has 6 nitrogen and oxygen atoms in total. The van der Waals surface area contributed by atoms with E-state index in [0.29, 0.717) is 27.5 Å². The number of hydrogen-bond donors (Lipinski definition) is 0. The molecule has 0 radical (unpaired) electrons. The first-order chi connectivity index (χ1) is 15.4. The summed E-state index contributed by atoms with van der Waals surface area (Å²) in [5, 5.41) is 0.589. The number of aromatic nitrogens is 2. The molecular weight excluding hydrogens is 422 g/mol. The van der Waals surface area contributed by atoms with Crippen molar-refractivity contribution in [1.82, 2.24) is 14.5 Å². The second kappa shape index (κ2) is 9.28. The van der Waals surface area contributed by atoms with Gasteiger partial charge in [-0.25, -0.2) is 4.98 Å². The van der Waals surface area contributed by atoms with Crippen LogP contribution in [-0.4, -0.2) is 39.7 Å². The lowest BCUT2D eigenvalue weighted by atomic mass is 10.2. The number of hydrogen-bond acceptors (Lipinski definition) is 5. The standard InChI is InChI=1S/C25H23N3O3S/c1-17(23(29)27(2)3)32-25-26-22-12-8-7-11-21(22)24(30)28(25)18-13-15-20(16-14-18)31-19-9-5-4-6-10-19/h4-17H,1-3H3. The summed E-state index contributed by atoms with van der Waals surface area (Å²) in [6, 6.07) is 24.0. The van der Waals surface area contributed by atoms with Crippen molar-refractivity contribution in [3.8, 4) is 17.2 Å². The Morgan fingerprint density at radius 2 is 1.56 bits per heavy atom. The van der Waals surface area contributed by atoms with Crippen molar-refractivity contribution in [3.63, 3.8) is 0 Å². The average molecular weight is 446 g/mol. The molecule has 0 N–H and O–H groups in total. The summed E-state index contributed by atoms with van der Waals surface area (Å²) in [5.41, 5.74) is 1.07. The zero-order chi connectivity index (χ0) is 22.7. The highest BCUT2D eigenvalue weighted by molar-refractivity contribution is 8.00. The van der Waals surface area contributed by atoms with E-state index >= 15 is 0 Å². The number of nitrogens with zero attached hydrogens (tertiary/aromatic N) is 3. The fourth-order valence-corrected chi connectivity index (χ4v) is 4.35. The molecule has 0 bridgehead atoms. The van der Waals surface area contributed by atoms with Crippen LogP contribution in [0.2, 0.25) is 0 Å². The van der Waals surface area contributed by atoms with Crippen molar-refractivity contribution < 1.29 is 9.53 Å². The zero-order valence-corrected chi connectivity index (χ0v) is 18.9. The monoisotopic (exact) mass is 445 g/mol. The molecule has 7 heteroatoms. The molecular formula is C25H23N3O3S. The van der Waals surface area contributed by atoms with Crippen molar-refractivity contribution in [2.75, 3.05) is 14.1 Å². The average Bonchev–Trinajstić information content (AvgIpc) is 2.80. The highest BCUT2D eigenvalue weighted by atomic mass is 32.2. The van der Waals surface area contributed by atoms with Crippen LogP contribution in [0.5, 0.6) is 11.5 Å². The van der Waals surface area contributed by atoms with E-state index in [0.717, 1.165) is 5.75 Å². The van der Waals surface area contributed by atoms with Crippen LogP contribution in [0.25, 0.3) is 16.6 Å². The van der Waals surface area contributed by atoms with E-state index in [-0.39, 0.29) is 11.5 Å². The van der Waals surface area contributed by atoms with Crippen LogP contribution in [0.15, 0.2) is 88.8 Å². The summed E-state index contributed by atoms with van der Waals surface area (Å²) >= 11 is 1.27. The molecule has 162 valence electrons. The Kier molecular flexibility index (Phi) is 6.28. The molecule has 0 fully saturated rings. The third kappa shape index (κ3) is 4.53. The molecule has 1 heterocycles. The predicted octanol–water partition coefficient (Wildman–Crippen LogP) is 4.75. The molecule has 0 spiro atoms. The molecule has 1 amide bonds. The van der Waals surface area contributed by atoms with Crippen molar-refractivity contribution in [2.45, 2.75) is 17.3 Å². The molecule has 0 aliphatic heterocycles. The number of fused-ring (bicyclic) bond motifs is 1. The Morgan fingerprint density at radius 1 is 0.938 bits per heavy atom. The van der Waals surface area contributed by atoms with Crippen LogP contribution < -0.4 is 10.3 Å². The maximum Gasteiger partial charge on any atom is 0.266 e. The maximum atomic E-state index is 13.4. The van der Waals surface area contributed by atoms with Gasteiger partial charge < -0.3 is 9.64 Å². The van der Waals surface area contributed by atoms with Crippen LogP contribution in [0.4, 0.5) is 0 Å². The summed E-state index contributed by atoms with van der Waals surface area (Å²) in [5.74, 6) is 1.35. The fraction of sp³-hybridized carbons (Fsp3) is 0.160. The van der Waals surface area contributed by atoms with E-state index in [9.17, 15) is 9.59 Å². The van der Waals surface area contributed by atoms with Gasteiger partial charge in [0.25, 0.3) is 5.56 Å². The lowest BCUT2D eigenvalue weighted by molar-refractivity contribution is -0.127. The zero-order valence-electron chi connectivity index (χ0n) is 18.1. The van der Waals surface area contributed by atoms with Gasteiger partial charge in [-0.1, -0.05) is 42.1 Å². The fourth-order valence-electron chi connectivity index (χ4n) is 3.28. The maximum absolute atomic E-state index is 13.4. The number of para-hydroxylation sites is 2. The SMILES string of the molecule is CC(Sc1nc2ccccc2c(=O)n1-c1ccc(Oc2ccccc2)cc1)C(=O)N(C)C. The Labute approximate surface area is 190 Å². The number of rotatable bonds is 6. The van der Waals surface area contributed by atoms with Crippen LogP contribution in [-0.2, 0) is 4.79 Å². The Morgan fingerprint density at radius 3 is 2.25 bits per heavy atom. The third-order valence-corrected chi connectivity index (χ3v) is 5.93. The first kappa shape index (κ1) is 21.6. The highest BCUT2D eigenvalue weighted by Gasteiger charge is 2.21. The smallest absolute Gasteiger partial charge is 0.266 e. The van der Waals surface area contributed by atoms with Gasteiger partial charge in [-0.15, -0.1) is 0 Å². The van der Waals surface area contributed by atoms with Gasteiger partial charge in [0.05, 0.1) is 21.8 Å². The molecule has 1 atom stereocenters. The van der Waals surface area contributed by atoms with E-state index in [2.05, 4.69) is 0 Å². The number of ether oxygens (including phenoxy) is 1. The lowest BCUT2D eigenvalue weighted by Gasteiger charge is -2.19. The van der Waals surface area contributed by atoms with Gasteiger partial charge >= 0.3 is 0 Å². The second-order valence-electron chi connectivity index (χ2n) is 7.45. The van der Waals surface area contributed by atoms with Gasteiger partial charge in [0.15, 0.2) is 5.16 Å². The minimum atomic E-state index is -0.398. The topological polar surface area (TPSA) is 64.4 Å². The normalized spacial score (nSPS) is 11.8. The number of amides is 1. The van der Waals surface area contributed by atoms with Crippen LogP contribution in [0.3, 0.4) is 0 Å². The third-order valence-electron chi connectivity index (χ3n) is 4.89. The van der Waals surface area contributed by atoms with Crippen LogP contribution in [0, 0.1) is 0 Å². The van der Waals surface area contributed by atoms with Crippen molar-refractivity contribution >= 4 is 28.6 Å². The first-order valence-electron chi connectivity index (χ1n) is 10.2. The quantitative estimate of drug-likeness (QED) is 0.317. The molecule has 0 saturated heterocycles. The van der Waals surface area contributed by atoms with Crippen molar-refractivity contribution in [1.29, 1.82) is 0 Å². The Balaban J connectivity index is 1.75. The number of carbonyl (C=O) groups excluding carboxylic acids is 1. The Bertz CT molecular complexity index is 1300. The number of carbonyl (C=O) groups is 1. The first-order valence-corrected chi connectivity index (χ1v) is 11.0. The van der Waals surface area contributed by atoms with Gasteiger partial charge in [-0.3, -0.25) is 14.2 Å². The summed E-state index contributed by atoms with van der Waals surface area (Å²) in [4.78, 5) is 32.1. The van der Waals surface area contributed by atoms with Gasteiger partial charge in [0, 0.05) is 14.1 Å². The molecule has 4 rings (SSSR count). The predicted molar refractivity (Wildman–Crippen MR) is 128 cm³/mol. The van der Waals surface area contributed by atoms with Gasteiger partial charge in [0.2, 0.25) is 5.91 Å². The molecule has 0 aliphatic carbocycles. The van der Waals surface area contributed by atoms with Crippen LogP contribution >= 0.6 is 11.8 Å².